The van der Waals surface area contributed by atoms with Crippen molar-refractivity contribution in [2.75, 3.05) is 29.7 Å². The standard InChI is InChI=1S/C17H19N7O/c1-24(2)17-21-15(18-11-13-7-4-3-5-8-13)20-16(22-17)23-19-12-14-9-6-10-25-14/h3-10,12H,11H2,1-2H3,(H2,18,20,21,22,23). The van der Waals surface area contributed by atoms with Gasteiger partial charge in [-0.15, -0.1) is 0 Å². The van der Waals surface area contributed by atoms with E-state index in [4.69, 9.17) is 4.42 Å². The molecule has 3 aromatic rings. The first-order chi connectivity index (χ1) is 12.2. The molecule has 0 radical (unpaired) electrons. The molecule has 0 atom stereocenters. The Morgan fingerprint density at radius 1 is 1.04 bits per heavy atom. The van der Waals surface area contributed by atoms with Crippen LogP contribution in [0.3, 0.4) is 0 Å². The van der Waals surface area contributed by atoms with Gasteiger partial charge in [0.15, 0.2) is 0 Å². The highest BCUT2D eigenvalue weighted by atomic mass is 16.3. The lowest BCUT2D eigenvalue weighted by molar-refractivity contribution is 0.560. The topological polar surface area (TPSA) is 91.5 Å². The fourth-order valence-corrected chi connectivity index (χ4v) is 1.99. The first-order valence-electron chi connectivity index (χ1n) is 7.74. The molecule has 0 spiro atoms. The van der Waals surface area contributed by atoms with E-state index in [1.165, 1.54) is 0 Å². The van der Waals surface area contributed by atoms with E-state index in [9.17, 15) is 0 Å². The predicted octanol–water partition coefficient (Wildman–Crippen LogP) is 2.59. The van der Waals surface area contributed by atoms with Crippen molar-refractivity contribution in [3.05, 3.63) is 60.1 Å². The Bertz CT molecular complexity index is 816. The zero-order chi connectivity index (χ0) is 17.5. The third-order valence-corrected chi connectivity index (χ3v) is 3.22. The monoisotopic (exact) mass is 337 g/mol. The van der Waals surface area contributed by atoms with Crippen molar-refractivity contribution in [3.8, 4) is 0 Å². The summed E-state index contributed by atoms with van der Waals surface area (Å²) < 4.78 is 5.18. The van der Waals surface area contributed by atoms with Gasteiger partial charge in [0, 0.05) is 20.6 Å². The van der Waals surface area contributed by atoms with Crippen LogP contribution < -0.4 is 15.6 Å². The molecule has 0 aliphatic rings. The Hall–Kier alpha value is -3.42. The number of furan rings is 1. The van der Waals surface area contributed by atoms with E-state index in [2.05, 4.69) is 30.8 Å². The quantitative estimate of drug-likeness (QED) is 0.506. The van der Waals surface area contributed by atoms with Crippen LogP contribution in [-0.2, 0) is 6.54 Å². The molecule has 8 heteroatoms. The third-order valence-electron chi connectivity index (χ3n) is 3.22. The van der Waals surface area contributed by atoms with Crippen LogP contribution in [0.4, 0.5) is 17.8 Å². The van der Waals surface area contributed by atoms with Gasteiger partial charge in [0.2, 0.25) is 17.8 Å². The van der Waals surface area contributed by atoms with E-state index in [-0.39, 0.29) is 0 Å². The summed E-state index contributed by atoms with van der Waals surface area (Å²) in [5.74, 6) is 1.98. The van der Waals surface area contributed by atoms with Gasteiger partial charge in [0.25, 0.3) is 0 Å². The zero-order valence-corrected chi connectivity index (χ0v) is 14.0. The van der Waals surface area contributed by atoms with Crippen molar-refractivity contribution in [2.24, 2.45) is 5.10 Å². The van der Waals surface area contributed by atoms with Crippen molar-refractivity contribution in [3.63, 3.8) is 0 Å². The van der Waals surface area contributed by atoms with Crippen LogP contribution >= 0.6 is 0 Å². The number of hydrogen-bond acceptors (Lipinski definition) is 8. The van der Waals surface area contributed by atoms with Gasteiger partial charge in [-0.25, -0.2) is 5.43 Å². The van der Waals surface area contributed by atoms with E-state index in [0.717, 1.165) is 5.56 Å². The Kier molecular flexibility index (Phi) is 5.20. The summed E-state index contributed by atoms with van der Waals surface area (Å²) in [5.41, 5.74) is 3.94. The molecule has 128 valence electrons. The van der Waals surface area contributed by atoms with Gasteiger partial charge in [0.1, 0.15) is 5.76 Å². The van der Waals surface area contributed by atoms with Gasteiger partial charge in [-0.05, 0) is 17.7 Å². The molecule has 2 heterocycles. The normalized spacial score (nSPS) is 10.8. The van der Waals surface area contributed by atoms with Crippen molar-refractivity contribution < 1.29 is 4.42 Å². The molecule has 0 aliphatic heterocycles. The molecule has 1 aromatic carbocycles. The van der Waals surface area contributed by atoms with Crippen LogP contribution in [0.1, 0.15) is 11.3 Å². The van der Waals surface area contributed by atoms with Crippen molar-refractivity contribution >= 4 is 24.1 Å². The maximum atomic E-state index is 5.18. The molecule has 0 saturated carbocycles. The number of hydrogen-bond donors (Lipinski definition) is 2. The molecule has 25 heavy (non-hydrogen) atoms. The van der Waals surface area contributed by atoms with E-state index in [1.54, 1.807) is 29.5 Å². The maximum Gasteiger partial charge on any atom is 0.250 e. The van der Waals surface area contributed by atoms with Gasteiger partial charge < -0.3 is 14.6 Å². The Morgan fingerprint density at radius 3 is 2.56 bits per heavy atom. The van der Waals surface area contributed by atoms with Crippen LogP contribution in [0.15, 0.2) is 58.2 Å². The van der Waals surface area contributed by atoms with Crippen LogP contribution in [0.2, 0.25) is 0 Å². The summed E-state index contributed by atoms with van der Waals surface area (Å²) in [7, 11) is 3.73. The summed E-state index contributed by atoms with van der Waals surface area (Å²) in [5, 5.41) is 7.28. The Morgan fingerprint density at radius 2 is 1.84 bits per heavy atom. The van der Waals surface area contributed by atoms with Crippen molar-refractivity contribution in [2.45, 2.75) is 6.54 Å². The molecule has 8 nitrogen and oxygen atoms in total. The molecule has 3 rings (SSSR count). The van der Waals surface area contributed by atoms with Crippen LogP contribution in [0, 0.1) is 0 Å². The van der Waals surface area contributed by atoms with Gasteiger partial charge in [-0.3, -0.25) is 0 Å². The largest absolute Gasteiger partial charge is 0.463 e. The molecule has 2 N–H and O–H groups in total. The first-order valence-corrected chi connectivity index (χ1v) is 7.74. The Balaban J connectivity index is 1.72. The predicted molar refractivity (Wildman–Crippen MR) is 97.8 cm³/mol. The smallest absolute Gasteiger partial charge is 0.250 e. The minimum absolute atomic E-state index is 0.345. The number of rotatable bonds is 7. The lowest BCUT2D eigenvalue weighted by Gasteiger charge is -2.13. The maximum absolute atomic E-state index is 5.18. The minimum atomic E-state index is 0.345. The number of anilines is 3. The van der Waals surface area contributed by atoms with Crippen LogP contribution in [-0.4, -0.2) is 35.3 Å². The van der Waals surface area contributed by atoms with Crippen LogP contribution in [0.5, 0.6) is 0 Å². The fourth-order valence-electron chi connectivity index (χ4n) is 1.99. The highest BCUT2D eigenvalue weighted by Gasteiger charge is 2.07. The minimum Gasteiger partial charge on any atom is -0.463 e. The molecule has 0 amide bonds. The van der Waals surface area contributed by atoms with Gasteiger partial charge in [-0.1, -0.05) is 30.3 Å². The number of nitrogens with zero attached hydrogens (tertiary/aromatic N) is 5. The molecular weight excluding hydrogens is 318 g/mol. The summed E-state index contributed by atoms with van der Waals surface area (Å²) in [4.78, 5) is 14.8. The number of hydrazone groups is 1. The summed E-state index contributed by atoms with van der Waals surface area (Å²) in [6, 6.07) is 13.6. The highest BCUT2D eigenvalue weighted by Crippen LogP contribution is 2.12. The second-order valence-corrected chi connectivity index (χ2v) is 5.40. The average molecular weight is 337 g/mol. The van der Waals surface area contributed by atoms with Gasteiger partial charge >= 0.3 is 0 Å². The Labute approximate surface area is 145 Å². The van der Waals surface area contributed by atoms with E-state index in [0.29, 0.717) is 30.2 Å². The molecule has 2 aromatic heterocycles. The molecular formula is C17H19N7O. The second-order valence-electron chi connectivity index (χ2n) is 5.40. The highest BCUT2D eigenvalue weighted by molar-refractivity contribution is 5.76. The first kappa shape index (κ1) is 16.4. The van der Waals surface area contributed by atoms with E-state index in [1.807, 2.05) is 44.4 Å². The van der Waals surface area contributed by atoms with Crippen molar-refractivity contribution in [1.82, 2.24) is 15.0 Å². The zero-order valence-electron chi connectivity index (χ0n) is 14.0. The number of nitrogens with one attached hydrogen (secondary N) is 2. The van der Waals surface area contributed by atoms with Gasteiger partial charge in [-0.2, -0.15) is 20.1 Å². The lowest BCUT2D eigenvalue weighted by Crippen LogP contribution is -2.16. The van der Waals surface area contributed by atoms with E-state index >= 15 is 0 Å². The molecule has 0 fully saturated rings. The summed E-state index contributed by atoms with van der Waals surface area (Å²) in [6.07, 6.45) is 3.14. The number of benzene rings is 1. The van der Waals surface area contributed by atoms with Crippen LogP contribution in [0.25, 0.3) is 0 Å². The molecule has 0 unspecified atom stereocenters. The molecule has 0 saturated heterocycles. The summed E-state index contributed by atoms with van der Waals surface area (Å²) >= 11 is 0. The third kappa shape index (κ3) is 4.77. The molecule has 0 bridgehead atoms. The SMILES string of the molecule is CN(C)c1nc(NCc2ccccc2)nc(NN=Cc2ccco2)n1. The number of aromatic nitrogens is 3. The van der Waals surface area contributed by atoms with E-state index < -0.39 is 0 Å². The molecule has 0 aliphatic carbocycles. The van der Waals surface area contributed by atoms with Crippen molar-refractivity contribution in [1.29, 1.82) is 0 Å². The fraction of sp³-hybridized carbons (Fsp3) is 0.176. The lowest BCUT2D eigenvalue weighted by atomic mass is 10.2. The second kappa shape index (κ2) is 7.91. The van der Waals surface area contributed by atoms with Gasteiger partial charge in [0.05, 0.1) is 12.5 Å². The average Bonchev–Trinajstić information content (AvgIpc) is 3.14. The summed E-state index contributed by atoms with van der Waals surface area (Å²) in [6.45, 7) is 0.618.